The quantitative estimate of drug-likeness (QED) is 0.710. The lowest BCUT2D eigenvalue weighted by molar-refractivity contribution is 0.0618. The van der Waals surface area contributed by atoms with Gasteiger partial charge in [-0.1, -0.05) is 12.1 Å². The minimum Gasteiger partial charge on any atom is -0.348 e. The normalized spacial score (nSPS) is 19.0. The highest BCUT2D eigenvalue weighted by Gasteiger charge is 2.35. The molecule has 0 radical (unpaired) electrons. The molecule has 0 aromatic carbocycles. The number of amides is 1. The number of pyridine rings is 1. The topological polar surface area (TPSA) is 64.2 Å². The predicted molar refractivity (Wildman–Crippen MR) is 97.1 cm³/mol. The van der Waals surface area contributed by atoms with Crippen molar-refractivity contribution in [2.45, 2.75) is 52.1 Å². The second-order valence-electron chi connectivity index (χ2n) is 7.26. The lowest BCUT2D eigenvalue weighted by atomic mass is 9.98. The Kier molecular flexibility index (Phi) is 3.42. The van der Waals surface area contributed by atoms with Crippen LogP contribution in [-0.2, 0) is 19.4 Å². The summed E-state index contributed by atoms with van der Waals surface area (Å²) in [6.45, 7) is 5.60. The molecule has 1 atom stereocenters. The highest BCUT2D eigenvalue weighted by Crippen LogP contribution is 2.36. The van der Waals surface area contributed by atoms with Crippen LogP contribution in [0.1, 0.15) is 58.8 Å². The zero-order valence-electron chi connectivity index (χ0n) is 15.2. The number of rotatable bonds is 2. The van der Waals surface area contributed by atoms with Gasteiger partial charge in [0.2, 0.25) is 0 Å². The fourth-order valence-corrected chi connectivity index (χ4v) is 4.63. The molecule has 1 aliphatic carbocycles. The summed E-state index contributed by atoms with van der Waals surface area (Å²) < 4.78 is 7.67. The van der Waals surface area contributed by atoms with Crippen molar-refractivity contribution in [3.63, 3.8) is 0 Å². The second kappa shape index (κ2) is 5.69. The van der Waals surface area contributed by atoms with E-state index in [-0.39, 0.29) is 11.9 Å². The fraction of sp³-hybridized carbons (Fsp3) is 0.450. The molecule has 1 unspecified atom stereocenters. The first kappa shape index (κ1) is 15.6. The average Bonchev–Trinajstić information content (AvgIpc) is 3.38. The zero-order chi connectivity index (χ0) is 17.8. The molecule has 0 spiro atoms. The Bertz CT molecular complexity index is 1020. The molecular weight excluding hydrogens is 328 g/mol. The maximum absolute atomic E-state index is 13.7. The lowest BCUT2D eigenvalue weighted by Gasteiger charge is -2.37. The summed E-state index contributed by atoms with van der Waals surface area (Å²) in [6, 6.07) is 4.30. The summed E-state index contributed by atoms with van der Waals surface area (Å²) in [5.74, 6) is 0.0983. The van der Waals surface area contributed by atoms with Gasteiger partial charge in [-0.05, 0) is 50.3 Å². The van der Waals surface area contributed by atoms with E-state index in [4.69, 9.17) is 4.52 Å². The van der Waals surface area contributed by atoms with E-state index in [0.717, 1.165) is 66.7 Å². The standard InChI is InChI=1S/C20H22N4O2/c1-3-15-16-8-5-9-23(16)10-11-24(15)20(25)18-13-6-4-7-14(13)21-19-17(18)12(2)22-26-19/h5,8-9,15H,3-4,6-7,10-11H2,1-2H3. The summed E-state index contributed by atoms with van der Waals surface area (Å²) in [5, 5.41) is 4.88. The van der Waals surface area contributed by atoms with Crippen LogP contribution in [0.15, 0.2) is 22.9 Å². The van der Waals surface area contributed by atoms with Crippen LogP contribution in [0.4, 0.5) is 0 Å². The fourth-order valence-electron chi connectivity index (χ4n) is 4.63. The summed E-state index contributed by atoms with van der Waals surface area (Å²) in [5.41, 5.74) is 5.35. The number of hydrogen-bond acceptors (Lipinski definition) is 4. The Labute approximate surface area is 151 Å². The first-order valence-electron chi connectivity index (χ1n) is 9.42. The van der Waals surface area contributed by atoms with Crippen LogP contribution in [0.25, 0.3) is 11.1 Å². The monoisotopic (exact) mass is 350 g/mol. The van der Waals surface area contributed by atoms with Crippen molar-refractivity contribution in [2.24, 2.45) is 0 Å². The average molecular weight is 350 g/mol. The molecule has 6 heteroatoms. The van der Waals surface area contributed by atoms with Crippen LogP contribution in [0, 0.1) is 6.92 Å². The van der Waals surface area contributed by atoms with Crippen molar-refractivity contribution in [1.82, 2.24) is 19.6 Å². The molecule has 0 fully saturated rings. The van der Waals surface area contributed by atoms with Gasteiger partial charge < -0.3 is 14.0 Å². The van der Waals surface area contributed by atoms with Gasteiger partial charge in [-0.15, -0.1) is 0 Å². The first-order chi connectivity index (χ1) is 12.7. The molecule has 2 aliphatic rings. The van der Waals surface area contributed by atoms with Gasteiger partial charge in [0, 0.05) is 30.7 Å². The Morgan fingerprint density at radius 1 is 1.35 bits per heavy atom. The zero-order valence-corrected chi connectivity index (χ0v) is 15.2. The van der Waals surface area contributed by atoms with Crippen LogP contribution in [-0.4, -0.2) is 32.1 Å². The summed E-state index contributed by atoms with van der Waals surface area (Å²) in [6.07, 6.45) is 5.86. The predicted octanol–water partition coefficient (Wildman–Crippen LogP) is 3.43. The van der Waals surface area contributed by atoms with Gasteiger partial charge in [-0.2, -0.15) is 0 Å². The Balaban J connectivity index is 1.67. The Morgan fingerprint density at radius 3 is 3.08 bits per heavy atom. The maximum Gasteiger partial charge on any atom is 0.259 e. The molecule has 0 bridgehead atoms. The van der Waals surface area contributed by atoms with E-state index >= 15 is 0 Å². The van der Waals surface area contributed by atoms with Crippen molar-refractivity contribution in [3.05, 3.63) is 46.5 Å². The number of aromatic nitrogens is 3. The molecule has 26 heavy (non-hydrogen) atoms. The van der Waals surface area contributed by atoms with Crippen molar-refractivity contribution in [2.75, 3.05) is 6.54 Å². The third-order valence-corrected chi connectivity index (χ3v) is 5.85. The minimum atomic E-state index is 0.0983. The van der Waals surface area contributed by atoms with Crippen LogP contribution in [0.5, 0.6) is 0 Å². The second-order valence-corrected chi connectivity index (χ2v) is 7.26. The van der Waals surface area contributed by atoms with Crippen LogP contribution < -0.4 is 0 Å². The number of fused-ring (bicyclic) bond motifs is 3. The van der Waals surface area contributed by atoms with Gasteiger partial charge in [0.05, 0.1) is 22.7 Å². The number of carbonyl (C=O) groups is 1. The third-order valence-electron chi connectivity index (χ3n) is 5.85. The van der Waals surface area contributed by atoms with Gasteiger partial charge in [0.15, 0.2) is 0 Å². The maximum atomic E-state index is 13.7. The van der Waals surface area contributed by atoms with Gasteiger partial charge in [-0.25, -0.2) is 4.98 Å². The number of carbonyl (C=O) groups excluding carboxylic acids is 1. The molecule has 134 valence electrons. The molecule has 1 amide bonds. The molecule has 4 heterocycles. The van der Waals surface area contributed by atoms with E-state index < -0.39 is 0 Å². The molecular formula is C20H22N4O2. The van der Waals surface area contributed by atoms with Gasteiger partial charge in [-0.3, -0.25) is 4.79 Å². The molecule has 0 N–H and O–H groups in total. The highest BCUT2D eigenvalue weighted by molar-refractivity contribution is 6.07. The van der Waals surface area contributed by atoms with E-state index in [1.165, 1.54) is 5.69 Å². The number of nitrogens with zero attached hydrogens (tertiary/aromatic N) is 4. The van der Waals surface area contributed by atoms with E-state index in [9.17, 15) is 4.79 Å². The van der Waals surface area contributed by atoms with Crippen LogP contribution in [0.3, 0.4) is 0 Å². The van der Waals surface area contributed by atoms with E-state index in [1.54, 1.807) is 0 Å². The van der Waals surface area contributed by atoms with Crippen molar-refractivity contribution in [3.8, 4) is 0 Å². The van der Waals surface area contributed by atoms with Crippen molar-refractivity contribution in [1.29, 1.82) is 0 Å². The smallest absolute Gasteiger partial charge is 0.259 e. The molecule has 0 saturated carbocycles. The molecule has 0 saturated heterocycles. The first-order valence-corrected chi connectivity index (χ1v) is 9.42. The third kappa shape index (κ3) is 2.08. The summed E-state index contributed by atoms with van der Waals surface area (Å²) in [7, 11) is 0. The summed E-state index contributed by atoms with van der Waals surface area (Å²) >= 11 is 0. The van der Waals surface area contributed by atoms with Gasteiger partial charge >= 0.3 is 0 Å². The Morgan fingerprint density at radius 2 is 2.23 bits per heavy atom. The number of hydrogen-bond donors (Lipinski definition) is 0. The van der Waals surface area contributed by atoms with E-state index in [0.29, 0.717) is 5.71 Å². The SMILES string of the molecule is CCC1c2cccn2CCN1C(=O)c1c2c(nc3onc(C)c13)CCC2. The lowest BCUT2D eigenvalue weighted by Crippen LogP contribution is -2.42. The van der Waals surface area contributed by atoms with Crippen molar-refractivity contribution >= 4 is 17.0 Å². The molecule has 1 aliphatic heterocycles. The molecule has 6 nitrogen and oxygen atoms in total. The van der Waals surface area contributed by atoms with Crippen LogP contribution >= 0.6 is 0 Å². The van der Waals surface area contributed by atoms with Crippen molar-refractivity contribution < 1.29 is 9.32 Å². The largest absolute Gasteiger partial charge is 0.348 e. The molecule has 3 aromatic heterocycles. The Hall–Kier alpha value is -2.63. The number of aryl methyl sites for hydroxylation is 2. The van der Waals surface area contributed by atoms with Gasteiger partial charge in [0.25, 0.3) is 11.6 Å². The van der Waals surface area contributed by atoms with Gasteiger partial charge in [0.1, 0.15) is 0 Å². The van der Waals surface area contributed by atoms with Crippen LogP contribution in [0.2, 0.25) is 0 Å². The molecule has 5 rings (SSSR count). The van der Waals surface area contributed by atoms with E-state index in [1.807, 2.05) is 11.8 Å². The molecule has 3 aromatic rings. The highest BCUT2D eigenvalue weighted by atomic mass is 16.5. The van der Waals surface area contributed by atoms with E-state index in [2.05, 4.69) is 40.0 Å². The minimum absolute atomic E-state index is 0.0983. The summed E-state index contributed by atoms with van der Waals surface area (Å²) in [4.78, 5) is 20.4.